The van der Waals surface area contributed by atoms with Crippen LogP contribution in [0, 0.1) is 0 Å². The molecule has 3 aromatic rings. The Morgan fingerprint density at radius 3 is 2.54 bits per heavy atom. The van der Waals surface area contributed by atoms with Crippen LogP contribution in [-0.4, -0.2) is 98.2 Å². The number of amides is 3. The fourth-order valence-electron chi connectivity index (χ4n) is 6.00. The molecular weight excluding hydrogens is 515 g/mol. The van der Waals surface area contributed by atoms with Crippen molar-refractivity contribution in [1.82, 2.24) is 29.9 Å². The van der Waals surface area contributed by atoms with Crippen LogP contribution >= 0.6 is 0 Å². The van der Waals surface area contributed by atoms with E-state index in [0.717, 1.165) is 10.6 Å². The third-order valence-electron chi connectivity index (χ3n) is 7.97. The van der Waals surface area contributed by atoms with Crippen LogP contribution in [0.2, 0.25) is 0 Å². The van der Waals surface area contributed by atoms with Gasteiger partial charge in [-0.2, -0.15) is 18.3 Å². The summed E-state index contributed by atoms with van der Waals surface area (Å²) < 4.78 is 39.0. The first-order valence-corrected chi connectivity index (χ1v) is 12.7. The Morgan fingerprint density at radius 2 is 1.82 bits per heavy atom. The fourth-order valence-corrected chi connectivity index (χ4v) is 6.00. The lowest BCUT2D eigenvalue weighted by atomic mass is 9.85. The minimum atomic E-state index is -4.51. The molecule has 1 aromatic carbocycles. The van der Waals surface area contributed by atoms with Crippen LogP contribution in [0.3, 0.4) is 0 Å². The molecule has 1 spiro atoms. The van der Waals surface area contributed by atoms with E-state index in [0.29, 0.717) is 42.5 Å². The van der Waals surface area contributed by atoms with Crippen LogP contribution in [0.1, 0.15) is 29.6 Å². The number of hydrogen-bond donors (Lipinski definition) is 1. The van der Waals surface area contributed by atoms with E-state index < -0.39 is 30.2 Å². The molecule has 3 saturated heterocycles. The molecule has 1 atom stereocenters. The maximum Gasteiger partial charge on any atom is 0.406 e. The van der Waals surface area contributed by atoms with Gasteiger partial charge in [-0.15, -0.1) is 0 Å². The zero-order valence-corrected chi connectivity index (χ0v) is 20.9. The number of pyridine rings is 1. The Bertz CT molecular complexity index is 1420. The van der Waals surface area contributed by atoms with Gasteiger partial charge in [0.1, 0.15) is 18.1 Å². The highest BCUT2D eigenvalue weighted by Gasteiger charge is 2.57. The van der Waals surface area contributed by atoms with Crippen molar-refractivity contribution in [2.45, 2.75) is 37.0 Å². The number of rotatable bonds is 4. The number of likely N-dealkylation sites (tertiary alicyclic amines) is 2. The minimum Gasteiger partial charge on any atom is -0.339 e. The number of piperidine rings is 1. The average molecular weight is 542 g/mol. The normalized spacial score (nSPS) is 21.6. The summed E-state index contributed by atoms with van der Waals surface area (Å²) in [4.78, 5) is 50.3. The van der Waals surface area contributed by atoms with Gasteiger partial charge in [0.05, 0.1) is 18.4 Å². The van der Waals surface area contributed by atoms with Crippen molar-refractivity contribution >= 4 is 34.4 Å². The van der Waals surface area contributed by atoms with Crippen LogP contribution in [0.25, 0.3) is 11.0 Å². The van der Waals surface area contributed by atoms with Crippen molar-refractivity contribution in [2.75, 3.05) is 37.7 Å². The number of nitrogens with zero attached hydrogens (tertiary/aromatic N) is 6. The van der Waals surface area contributed by atoms with Gasteiger partial charge >= 0.3 is 6.18 Å². The van der Waals surface area contributed by atoms with Crippen LogP contribution in [0.4, 0.5) is 18.9 Å². The largest absolute Gasteiger partial charge is 0.406 e. The van der Waals surface area contributed by atoms with Crippen LogP contribution in [-0.2, 0) is 9.59 Å². The summed E-state index contributed by atoms with van der Waals surface area (Å²) in [5.41, 5.74) is 0.762. The molecule has 39 heavy (non-hydrogen) atoms. The molecule has 0 bridgehead atoms. The number of benzene rings is 1. The molecule has 1 N–H and O–H groups in total. The van der Waals surface area contributed by atoms with E-state index >= 15 is 0 Å². The maximum atomic E-state index is 14.0. The van der Waals surface area contributed by atoms with Gasteiger partial charge in [-0.05, 0) is 37.5 Å². The summed E-state index contributed by atoms with van der Waals surface area (Å²) in [6.07, 6.45) is -0.644. The average Bonchev–Trinajstić information content (AvgIpc) is 3.61. The van der Waals surface area contributed by atoms with Crippen LogP contribution < -0.4 is 4.90 Å². The highest BCUT2D eigenvalue weighted by Crippen LogP contribution is 2.41. The molecule has 13 heteroatoms. The number of anilines is 1. The van der Waals surface area contributed by atoms with Crippen LogP contribution in [0.15, 0.2) is 48.8 Å². The van der Waals surface area contributed by atoms with Crippen molar-refractivity contribution in [3.63, 3.8) is 0 Å². The van der Waals surface area contributed by atoms with Gasteiger partial charge in [-0.3, -0.25) is 19.5 Å². The van der Waals surface area contributed by atoms with Crippen molar-refractivity contribution in [2.24, 2.45) is 0 Å². The van der Waals surface area contributed by atoms with Gasteiger partial charge < -0.3 is 19.6 Å². The molecule has 10 nitrogen and oxygen atoms in total. The lowest BCUT2D eigenvalue weighted by Crippen LogP contribution is -2.57. The van der Waals surface area contributed by atoms with E-state index in [1.165, 1.54) is 11.1 Å². The fraction of sp³-hybridized carbons (Fsp3) is 0.423. The Balaban J connectivity index is 1.24. The molecule has 1 unspecified atom stereocenters. The smallest absolute Gasteiger partial charge is 0.339 e. The number of fused-ring (bicyclic) bond motifs is 1. The van der Waals surface area contributed by atoms with Gasteiger partial charge in [0.2, 0.25) is 5.91 Å². The molecule has 204 valence electrons. The second kappa shape index (κ2) is 9.24. The highest BCUT2D eigenvalue weighted by atomic mass is 19.4. The number of alkyl halides is 3. The highest BCUT2D eigenvalue weighted by molar-refractivity contribution is 5.99. The summed E-state index contributed by atoms with van der Waals surface area (Å²) >= 11 is 0. The number of H-pyrrole nitrogens is 1. The zero-order chi connectivity index (χ0) is 27.4. The Labute approximate surface area is 221 Å². The van der Waals surface area contributed by atoms with Crippen molar-refractivity contribution in [1.29, 1.82) is 0 Å². The summed E-state index contributed by atoms with van der Waals surface area (Å²) in [7, 11) is 0. The van der Waals surface area contributed by atoms with Crippen molar-refractivity contribution in [3.05, 3.63) is 54.4 Å². The van der Waals surface area contributed by atoms with Gasteiger partial charge in [-0.25, -0.2) is 4.98 Å². The number of carbonyl (C=O) groups excluding carboxylic acids is 3. The van der Waals surface area contributed by atoms with E-state index in [9.17, 15) is 27.6 Å². The molecule has 5 heterocycles. The topological polar surface area (TPSA) is 106 Å². The number of halogens is 3. The molecule has 6 rings (SSSR count). The summed E-state index contributed by atoms with van der Waals surface area (Å²) in [5, 5.41) is 7.40. The predicted octanol–water partition coefficient (Wildman–Crippen LogP) is 2.40. The van der Waals surface area contributed by atoms with E-state index in [1.54, 1.807) is 17.2 Å². The molecule has 3 aliphatic heterocycles. The Kier molecular flexibility index (Phi) is 5.96. The van der Waals surface area contributed by atoms with Gasteiger partial charge in [0, 0.05) is 36.9 Å². The molecule has 3 aliphatic rings. The Hall–Kier alpha value is -4.16. The number of aromatic nitrogens is 3. The number of hydrogen-bond acceptors (Lipinski definition) is 6. The first-order chi connectivity index (χ1) is 18.7. The number of carbonyl (C=O) groups is 3. The number of para-hydroxylation sites is 1. The number of aromatic amines is 1. The molecule has 0 saturated carbocycles. The predicted molar refractivity (Wildman–Crippen MR) is 133 cm³/mol. The van der Waals surface area contributed by atoms with Gasteiger partial charge in [-0.1, -0.05) is 18.2 Å². The monoisotopic (exact) mass is 541 g/mol. The Morgan fingerprint density at radius 1 is 1.08 bits per heavy atom. The molecule has 3 fully saturated rings. The lowest BCUT2D eigenvalue weighted by molar-refractivity contribution is -0.159. The zero-order valence-electron chi connectivity index (χ0n) is 20.9. The van der Waals surface area contributed by atoms with Gasteiger partial charge in [0.25, 0.3) is 11.8 Å². The SMILES string of the molecule is O=C(c1cnc2[nH]ncc2c1)N1CCC2(CC1)C(=O)N(C1CCN(CC(F)(F)F)C1=O)CN2c1ccccc1. The van der Waals surface area contributed by atoms with Crippen molar-refractivity contribution in [3.8, 4) is 0 Å². The summed E-state index contributed by atoms with van der Waals surface area (Å²) in [5.74, 6) is -1.17. The molecular formula is C26H26F3N7O3. The molecule has 3 amide bonds. The quantitative estimate of drug-likeness (QED) is 0.544. The molecule has 0 aliphatic carbocycles. The second-order valence-electron chi connectivity index (χ2n) is 10.2. The van der Waals surface area contributed by atoms with E-state index in [2.05, 4.69) is 15.2 Å². The van der Waals surface area contributed by atoms with E-state index in [-0.39, 0.29) is 31.4 Å². The summed E-state index contributed by atoms with van der Waals surface area (Å²) in [6.45, 7) is -0.695. The second-order valence-corrected chi connectivity index (χ2v) is 10.2. The molecule has 2 aromatic heterocycles. The number of nitrogens with one attached hydrogen (secondary N) is 1. The van der Waals surface area contributed by atoms with Gasteiger partial charge in [0.15, 0.2) is 5.65 Å². The van der Waals surface area contributed by atoms with E-state index in [4.69, 9.17) is 0 Å². The van der Waals surface area contributed by atoms with Crippen molar-refractivity contribution < 1.29 is 27.6 Å². The first kappa shape index (κ1) is 25.1. The lowest BCUT2D eigenvalue weighted by Gasteiger charge is -2.43. The van der Waals surface area contributed by atoms with E-state index in [1.807, 2.05) is 35.2 Å². The summed E-state index contributed by atoms with van der Waals surface area (Å²) in [6, 6.07) is 10.1. The molecule has 0 radical (unpaired) electrons. The third-order valence-corrected chi connectivity index (χ3v) is 7.97. The maximum absolute atomic E-state index is 14.0. The van der Waals surface area contributed by atoms with Crippen LogP contribution in [0.5, 0.6) is 0 Å². The first-order valence-electron chi connectivity index (χ1n) is 12.7. The third kappa shape index (κ3) is 4.35. The minimum absolute atomic E-state index is 0.0531. The standard InChI is InChI=1S/C26H26F3N7O3/c27-26(28,29)15-34-9-6-20(23(34)38)35-16-36(19-4-2-1-3-5-19)25(24(35)39)7-10-33(11-8-25)22(37)18-12-17-14-31-32-21(17)30-13-18/h1-5,12-14,20H,6-11,15-16H2,(H,30,31,32).